The van der Waals surface area contributed by atoms with E-state index >= 15 is 0 Å². The van der Waals surface area contributed by atoms with Crippen LogP contribution in [0.4, 0.5) is 5.69 Å². The van der Waals surface area contributed by atoms with E-state index in [4.69, 9.17) is 4.99 Å². The van der Waals surface area contributed by atoms with E-state index in [1.807, 2.05) is 12.4 Å². The lowest BCUT2D eigenvalue weighted by atomic mass is 9.81. The number of fused-ring (bicyclic) bond motifs is 4. The molecular formula is C17H14N2. The molecule has 0 fully saturated rings. The Morgan fingerprint density at radius 3 is 2.74 bits per heavy atom. The molecule has 2 heterocycles. The molecule has 1 atom stereocenters. The van der Waals surface area contributed by atoms with Crippen LogP contribution in [0.3, 0.4) is 0 Å². The van der Waals surface area contributed by atoms with Gasteiger partial charge < -0.3 is 0 Å². The first-order chi connectivity index (χ1) is 9.27. The van der Waals surface area contributed by atoms with Crippen molar-refractivity contribution in [2.75, 3.05) is 0 Å². The van der Waals surface area contributed by atoms with Crippen molar-refractivity contribution in [3.8, 4) is 0 Å². The molecule has 0 bridgehead atoms. The van der Waals surface area contributed by atoms with Crippen LogP contribution in [0.1, 0.15) is 25.3 Å². The van der Waals surface area contributed by atoms with Gasteiger partial charge in [-0.05, 0) is 42.3 Å². The van der Waals surface area contributed by atoms with Crippen molar-refractivity contribution in [2.45, 2.75) is 19.8 Å². The van der Waals surface area contributed by atoms with Crippen LogP contribution in [0, 0.1) is 0 Å². The first-order valence-electron chi connectivity index (χ1n) is 6.57. The fraction of sp³-hybridized carbons (Fsp3) is 0.176. The van der Waals surface area contributed by atoms with Crippen LogP contribution >= 0.6 is 0 Å². The van der Waals surface area contributed by atoms with E-state index in [2.05, 4.69) is 49.2 Å². The van der Waals surface area contributed by atoms with E-state index < -0.39 is 0 Å². The third-order valence-electron chi connectivity index (χ3n) is 4.23. The highest BCUT2D eigenvalue weighted by Gasteiger charge is 2.31. The molecule has 1 aromatic carbocycles. The second-order valence-electron chi connectivity index (χ2n) is 5.22. The number of benzene rings is 1. The van der Waals surface area contributed by atoms with Gasteiger partial charge in [0.2, 0.25) is 0 Å². The van der Waals surface area contributed by atoms with Gasteiger partial charge in [0.15, 0.2) is 0 Å². The van der Waals surface area contributed by atoms with Gasteiger partial charge in [0, 0.05) is 17.6 Å². The predicted molar refractivity (Wildman–Crippen MR) is 77.9 cm³/mol. The summed E-state index contributed by atoms with van der Waals surface area (Å²) >= 11 is 0. The molecule has 0 N–H and O–H groups in total. The van der Waals surface area contributed by atoms with Gasteiger partial charge in [-0.25, -0.2) is 0 Å². The largest absolute Gasteiger partial charge is 0.264 e. The Labute approximate surface area is 111 Å². The molecular weight excluding hydrogens is 232 g/mol. The van der Waals surface area contributed by atoms with Gasteiger partial charge in [-0.3, -0.25) is 9.98 Å². The van der Waals surface area contributed by atoms with Crippen LogP contribution in [0.15, 0.2) is 47.7 Å². The number of rotatable bonds is 0. The lowest BCUT2D eigenvalue weighted by Crippen LogP contribution is -2.37. The molecule has 0 saturated heterocycles. The molecule has 0 amide bonds. The Morgan fingerprint density at radius 2 is 1.84 bits per heavy atom. The van der Waals surface area contributed by atoms with Gasteiger partial charge >= 0.3 is 0 Å². The van der Waals surface area contributed by atoms with E-state index in [0.717, 1.165) is 5.69 Å². The standard InChI is InChI=1S/C17H14N2/c1-10-14-9-18-8-7-12(14)11(2)17-16(10)13-5-3-4-6-15(13)19-17/h3-9,16H,1-2H3/t16-/m0/s1. The summed E-state index contributed by atoms with van der Waals surface area (Å²) in [6, 6.07) is 10.5. The van der Waals surface area contributed by atoms with Crippen molar-refractivity contribution in [2.24, 2.45) is 4.99 Å². The maximum absolute atomic E-state index is 4.84. The molecule has 1 aliphatic heterocycles. The molecule has 19 heavy (non-hydrogen) atoms. The lowest BCUT2D eigenvalue weighted by molar-refractivity contribution is 1.13. The Balaban J connectivity index is 2.15. The zero-order valence-corrected chi connectivity index (χ0v) is 11.0. The highest BCUT2D eigenvalue weighted by Crippen LogP contribution is 2.42. The summed E-state index contributed by atoms with van der Waals surface area (Å²) in [6.07, 6.45) is 3.84. The summed E-state index contributed by atoms with van der Waals surface area (Å²) in [7, 11) is 0. The molecule has 1 aliphatic carbocycles. The van der Waals surface area contributed by atoms with Crippen molar-refractivity contribution in [1.82, 2.24) is 4.98 Å². The number of pyridine rings is 1. The molecule has 0 unspecified atom stereocenters. The van der Waals surface area contributed by atoms with Crippen LogP contribution in [0.25, 0.3) is 11.1 Å². The fourth-order valence-corrected chi connectivity index (χ4v) is 3.24. The fourth-order valence-electron chi connectivity index (χ4n) is 3.24. The third kappa shape index (κ3) is 1.31. The van der Waals surface area contributed by atoms with Crippen molar-refractivity contribution in [3.05, 3.63) is 58.7 Å². The minimum atomic E-state index is 0.313. The molecule has 92 valence electrons. The maximum atomic E-state index is 4.84. The van der Waals surface area contributed by atoms with Gasteiger partial charge in [0.25, 0.3) is 0 Å². The topological polar surface area (TPSA) is 25.2 Å². The average Bonchev–Trinajstić information content (AvgIpc) is 2.84. The zero-order chi connectivity index (χ0) is 13.0. The van der Waals surface area contributed by atoms with E-state index in [0.29, 0.717) is 5.92 Å². The maximum Gasteiger partial charge on any atom is 0.0675 e. The monoisotopic (exact) mass is 246 g/mol. The highest BCUT2D eigenvalue weighted by molar-refractivity contribution is 6.27. The number of hydrogen-bond donors (Lipinski definition) is 0. The van der Waals surface area contributed by atoms with E-state index in [-0.39, 0.29) is 0 Å². The summed E-state index contributed by atoms with van der Waals surface area (Å²) < 4.78 is 0. The van der Waals surface area contributed by atoms with E-state index in [9.17, 15) is 0 Å². The first kappa shape index (κ1) is 10.7. The van der Waals surface area contributed by atoms with E-state index in [1.165, 1.54) is 32.9 Å². The highest BCUT2D eigenvalue weighted by atomic mass is 14.8. The first-order valence-corrected chi connectivity index (χ1v) is 6.57. The predicted octanol–water partition coefficient (Wildman–Crippen LogP) is 2.31. The summed E-state index contributed by atoms with van der Waals surface area (Å²) in [5, 5.41) is 2.54. The third-order valence-corrected chi connectivity index (χ3v) is 4.23. The molecule has 2 heteroatoms. The Hall–Kier alpha value is -2.22. The van der Waals surface area contributed by atoms with Crippen molar-refractivity contribution < 1.29 is 0 Å². The van der Waals surface area contributed by atoms with Crippen LogP contribution < -0.4 is 10.4 Å². The van der Waals surface area contributed by atoms with Crippen LogP contribution in [0.2, 0.25) is 0 Å². The minimum absolute atomic E-state index is 0.313. The number of nitrogens with zero attached hydrogens (tertiary/aromatic N) is 2. The summed E-state index contributed by atoms with van der Waals surface area (Å²) in [4.78, 5) is 9.12. The Morgan fingerprint density at radius 1 is 1.00 bits per heavy atom. The zero-order valence-electron chi connectivity index (χ0n) is 11.0. The van der Waals surface area contributed by atoms with Crippen LogP contribution in [-0.2, 0) is 0 Å². The number of aliphatic imine (C=N–C) groups is 1. The normalized spacial score (nSPS) is 19.7. The molecule has 2 aliphatic rings. The van der Waals surface area contributed by atoms with Crippen molar-refractivity contribution in [3.63, 3.8) is 0 Å². The Kier molecular flexibility index (Phi) is 2.05. The molecule has 2 nitrogen and oxygen atoms in total. The van der Waals surface area contributed by atoms with Crippen LogP contribution in [-0.4, -0.2) is 10.7 Å². The van der Waals surface area contributed by atoms with Gasteiger partial charge in [0.05, 0.1) is 17.3 Å². The SMILES string of the molecule is CC1=c2ccncc2=C(C)[C@@H]2C1=Nc1ccccc12. The quantitative estimate of drug-likeness (QED) is 0.700. The van der Waals surface area contributed by atoms with Gasteiger partial charge in [-0.1, -0.05) is 23.8 Å². The smallest absolute Gasteiger partial charge is 0.0675 e. The van der Waals surface area contributed by atoms with E-state index in [1.54, 1.807) is 0 Å². The average molecular weight is 246 g/mol. The second-order valence-corrected chi connectivity index (χ2v) is 5.22. The molecule has 0 radical (unpaired) electrons. The molecule has 0 spiro atoms. The lowest BCUT2D eigenvalue weighted by Gasteiger charge is -2.21. The van der Waals surface area contributed by atoms with Crippen LogP contribution in [0.5, 0.6) is 0 Å². The molecule has 1 aromatic heterocycles. The number of para-hydroxylation sites is 1. The van der Waals surface area contributed by atoms with Gasteiger partial charge in [0.1, 0.15) is 0 Å². The summed E-state index contributed by atoms with van der Waals surface area (Å²) in [5.74, 6) is 0.313. The molecule has 4 rings (SSSR count). The van der Waals surface area contributed by atoms with Crippen molar-refractivity contribution >= 4 is 22.5 Å². The second kappa shape index (κ2) is 3.64. The number of aromatic nitrogens is 1. The molecule has 2 aromatic rings. The van der Waals surface area contributed by atoms with Gasteiger partial charge in [-0.2, -0.15) is 0 Å². The summed E-state index contributed by atoms with van der Waals surface area (Å²) in [6.45, 7) is 4.37. The number of hydrogen-bond acceptors (Lipinski definition) is 2. The summed E-state index contributed by atoms with van der Waals surface area (Å²) in [5.41, 5.74) is 6.28. The molecule has 0 saturated carbocycles. The Bertz CT molecular complexity index is 844. The van der Waals surface area contributed by atoms with Crippen molar-refractivity contribution in [1.29, 1.82) is 0 Å². The van der Waals surface area contributed by atoms with Gasteiger partial charge in [-0.15, -0.1) is 0 Å². The minimum Gasteiger partial charge on any atom is -0.264 e.